The van der Waals surface area contributed by atoms with Crippen LogP contribution < -0.4 is 0 Å². The van der Waals surface area contributed by atoms with E-state index < -0.39 is 0 Å². The molecule has 1 unspecified atom stereocenters. The number of H-pyrrole nitrogens is 1. The molecule has 1 fully saturated rings. The molecule has 4 rings (SSSR count). The van der Waals surface area contributed by atoms with Gasteiger partial charge in [0.15, 0.2) is 0 Å². The zero-order valence-corrected chi connectivity index (χ0v) is 13.0. The van der Waals surface area contributed by atoms with E-state index in [2.05, 4.69) is 30.2 Å². The van der Waals surface area contributed by atoms with Gasteiger partial charge in [0, 0.05) is 12.5 Å². The van der Waals surface area contributed by atoms with Crippen molar-refractivity contribution in [2.75, 3.05) is 13.1 Å². The summed E-state index contributed by atoms with van der Waals surface area (Å²) in [6.45, 7) is 2.36. The van der Waals surface area contributed by atoms with Crippen molar-refractivity contribution < 1.29 is 8.91 Å². The van der Waals surface area contributed by atoms with Crippen LogP contribution >= 0.6 is 0 Å². The van der Waals surface area contributed by atoms with E-state index in [4.69, 9.17) is 4.52 Å². The average Bonchev–Trinajstić information content (AvgIpc) is 3.27. The summed E-state index contributed by atoms with van der Waals surface area (Å²) in [5.74, 6) is 1.67. The van der Waals surface area contributed by atoms with Crippen LogP contribution in [0, 0.1) is 5.82 Å². The lowest BCUT2D eigenvalue weighted by molar-refractivity contribution is 0.174. The molecule has 8 heteroatoms. The Labute approximate surface area is 137 Å². The molecule has 0 spiro atoms. The van der Waals surface area contributed by atoms with Gasteiger partial charge in [-0.25, -0.2) is 9.37 Å². The molecule has 0 aliphatic carbocycles. The Morgan fingerprint density at radius 1 is 1.33 bits per heavy atom. The predicted molar refractivity (Wildman–Crippen MR) is 83.3 cm³/mol. The molecule has 1 aromatic carbocycles. The van der Waals surface area contributed by atoms with Crippen molar-refractivity contribution in [3.05, 3.63) is 48.1 Å². The van der Waals surface area contributed by atoms with E-state index in [1.807, 2.05) is 0 Å². The molecular formula is C16H17FN6O. The SMILES string of the molecule is Fc1ccccc1-c1noc(CN2CCCC(c3ncn[nH]3)C2)n1. The number of nitrogens with one attached hydrogen (secondary N) is 1. The van der Waals surface area contributed by atoms with E-state index >= 15 is 0 Å². The number of aromatic amines is 1. The molecule has 1 aliphatic rings. The highest BCUT2D eigenvalue weighted by Crippen LogP contribution is 2.25. The van der Waals surface area contributed by atoms with Crippen LogP contribution in [0.2, 0.25) is 0 Å². The maximum Gasteiger partial charge on any atom is 0.241 e. The minimum Gasteiger partial charge on any atom is -0.338 e. The Balaban J connectivity index is 1.45. The molecule has 24 heavy (non-hydrogen) atoms. The molecule has 1 N–H and O–H groups in total. The van der Waals surface area contributed by atoms with Crippen LogP contribution in [-0.2, 0) is 6.54 Å². The maximum atomic E-state index is 13.8. The van der Waals surface area contributed by atoms with Gasteiger partial charge in [0.2, 0.25) is 11.7 Å². The molecule has 124 valence electrons. The van der Waals surface area contributed by atoms with Gasteiger partial charge in [-0.05, 0) is 31.5 Å². The predicted octanol–water partition coefficient (Wildman–Crippen LogP) is 2.37. The first-order chi connectivity index (χ1) is 11.8. The molecule has 0 bridgehead atoms. The highest BCUT2D eigenvalue weighted by Gasteiger charge is 2.25. The van der Waals surface area contributed by atoms with E-state index in [1.54, 1.807) is 18.2 Å². The third kappa shape index (κ3) is 3.05. The number of halogens is 1. The van der Waals surface area contributed by atoms with Crippen LogP contribution in [0.25, 0.3) is 11.4 Å². The first kappa shape index (κ1) is 14.9. The largest absolute Gasteiger partial charge is 0.338 e. The van der Waals surface area contributed by atoms with Crippen LogP contribution in [0.1, 0.15) is 30.5 Å². The van der Waals surface area contributed by atoms with Gasteiger partial charge in [-0.3, -0.25) is 10.00 Å². The summed E-state index contributed by atoms with van der Waals surface area (Å²) < 4.78 is 19.1. The van der Waals surface area contributed by atoms with Crippen LogP contribution in [-0.4, -0.2) is 43.3 Å². The molecule has 0 radical (unpaired) electrons. The lowest BCUT2D eigenvalue weighted by atomic mass is 9.97. The van der Waals surface area contributed by atoms with Crippen molar-refractivity contribution in [2.24, 2.45) is 0 Å². The van der Waals surface area contributed by atoms with E-state index in [-0.39, 0.29) is 11.6 Å². The molecule has 1 aliphatic heterocycles. The van der Waals surface area contributed by atoms with Gasteiger partial charge < -0.3 is 4.52 Å². The topological polar surface area (TPSA) is 83.7 Å². The molecule has 0 amide bonds. The Morgan fingerprint density at radius 2 is 2.25 bits per heavy atom. The normalized spacial score (nSPS) is 18.8. The second kappa shape index (κ2) is 6.48. The number of aromatic nitrogens is 5. The number of hydrogen-bond acceptors (Lipinski definition) is 6. The summed E-state index contributed by atoms with van der Waals surface area (Å²) in [6, 6.07) is 6.42. The number of benzene rings is 1. The van der Waals surface area contributed by atoms with Crippen molar-refractivity contribution >= 4 is 0 Å². The molecule has 3 aromatic rings. The van der Waals surface area contributed by atoms with E-state index in [0.29, 0.717) is 23.9 Å². The molecular weight excluding hydrogens is 311 g/mol. The zero-order valence-electron chi connectivity index (χ0n) is 13.0. The minimum atomic E-state index is -0.354. The van der Waals surface area contributed by atoms with Crippen molar-refractivity contribution in [2.45, 2.75) is 25.3 Å². The Bertz CT molecular complexity index is 803. The fourth-order valence-corrected chi connectivity index (χ4v) is 3.10. The average molecular weight is 328 g/mol. The second-order valence-electron chi connectivity index (χ2n) is 5.94. The first-order valence-corrected chi connectivity index (χ1v) is 7.94. The molecule has 1 atom stereocenters. The summed E-state index contributed by atoms with van der Waals surface area (Å²) in [7, 11) is 0. The number of piperidine rings is 1. The maximum absolute atomic E-state index is 13.8. The van der Waals surface area contributed by atoms with E-state index in [9.17, 15) is 4.39 Å². The summed E-state index contributed by atoms with van der Waals surface area (Å²) in [4.78, 5) is 10.8. The Kier molecular flexibility index (Phi) is 4.04. The van der Waals surface area contributed by atoms with Gasteiger partial charge in [-0.1, -0.05) is 17.3 Å². The monoisotopic (exact) mass is 328 g/mol. The number of hydrogen-bond donors (Lipinski definition) is 1. The lowest BCUT2D eigenvalue weighted by Gasteiger charge is -2.30. The highest BCUT2D eigenvalue weighted by atomic mass is 19.1. The number of likely N-dealkylation sites (tertiary alicyclic amines) is 1. The van der Waals surface area contributed by atoms with Crippen molar-refractivity contribution in [3.8, 4) is 11.4 Å². The third-order valence-corrected chi connectivity index (χ3v) is 4.27. The smallest absolute Gasteiger partial charge is 0.241 e. The fraction of sp³-hybridized carbons (Fsp3) is 0.375. The third-order valence-electron chi connectivity index (χ3n) is 4.27. The number of nitrogens with zero attached hydrogens (tertiary/aromatic N) is 5. The van der Waals surface area contributed by atoms with E-state index in [0.717, 1.165) is 31.8 Å². The van der Waals surface area contributed by atoms with Gasteiger partial charge in [0.05, 0.1) is 12.1 Å². The quantitative estimate of drug-likeness (QED) is 0.791. The van der Waals surface area contributed by atoms with Gasteiger partial charge in [0.1, 0.15) is 18.0 Å². The van der Waals surface area contributed by atoms with Crippen molar-refractivity contribution in [3.63, 3.8) is 0 Å². The summed E-state index contributed by atoms with van der Waals surface area (Å²) in [5.41, 5.74) is 0.352. The molecule has 7 nitrogen and oxygen atoms in total. The van der Waals surface area contributed by atoms with Crippen LogP contribution in [0.4, 0.5) is 4.39 Å². The van der Waals surface area contributed by atoms with Crippen LogP contribution in [0.5, 0.6) is 0 Å². The first-order valence-electron chi connectivity index (χ1n) is 7.94. The highest BCUT2D eigenvalue weighted by molar-refractivity contribution is 5.54. The Hall–Kier alpha value is -2.61. The molecule has 3 heterocycles. The second-order valence-corrected chi connectivity index (χ2v) is 5.94. The summed E-state index contributed by atoms with van der Waals surface area (Å²) in [5, 5.41) is 10.8. The number of rotatable bonds is 4. The van der Waals surface area contributed by atoms with Gasteiger partial charge >= 0.3 is 0 Å². The van der Waals surface area contributed by atoms with Crippen LogP contribution in [0.15, 0.2) is 35.1 Å². The summed E-state index contributed by atoms with van der Waals surface area (Å²) in [6.07, 6.45) is 3.68. The standard InChI is InChI=1S/C16H17FN6O/c17-13-6-2-1-5-12(13)16-20-14(24-22-16)9-23-7-3-4-11(8-23)15-18-10-19-21-15/h1-2,5-6,10-11H,3-4,7-9H2,(H,18,19,21). The molecule has 2 aromatic heterocycles. The lowest BCUT2D eigenvalue weighted by Crippen LogP contribution is -2.34. The van der Waals surface area contributed by atoms with Crippen molar-refractivity contribution in [1.82, 2.24) is 30.2 Å². The zero-order chi connectivity index (χ0) is 16.4. The van der Waals surface area contributed by atoms with Crippen LogP contribution in [0.3, 0.4) is 0 Å². The molecule has 1 saturated heterocycles. The molecule has 0 saturated carbocycles. The van der Waals surface area contributed by atoms with Gasteiger partial charge in [-0.2, -0.15) is 10.1 Å². The Morgan fingerprint density at radius 3 is 3.08 bits per heavy atom. The van der Waals surface area contributed by atoms with Gasteiger partial charge in [0.25, 0.3) is 0 Å². The fourth-order valence-electron chi connectivity index (χ4n) is 3.10. The minimum absolute atomic E-state index is 0.284. The van der Waals surface area contributed by atoms with E-state index in [1.165, 1.54) is 12.4 Å². The summed E-state index contributed by atoms with van der Waals surface area (Å²) >= 11 is 0. The van der Waals surface area contributed by atoms with Gasteiger partial charge in [-0.15, -0.1) is 0 Å². The van der Waals surface area contributed by atoms with Crippen molar-refractivity contribution in [1.29, 1.82) is 0 Å².